The van der Waals surface area contributed by atoms with Crippen LogP contribution in [0.1, 0.15) is 11.3 Å². The van der Waals surface area contributed by atoms with Crippen molar-refractivity contribution in [3.63, 3.8) is 0 Å². The SMILES string of the molecule is NC(=O)C[C@@H](NC(=O)/C=C/c1cccs1)C(=O)O. The third kappa shape index (κ3) is 4.79. The lowest BCUT2D eigenvalue weighted by molar-refractivity contribution is -0.142. The van der Waals surface area contributed by atoms with E-state index in [1.165, 1.54) is 17.4 Å². The van der Waals surface area contributed by atoms with Gasteiger partial charge in [0.25, 0.3) is 0 Å². The highest BCUT2D eigenvalue weighted by Gasteiger charge is 2.20. The van der Waals surface area contributed by atoms with E-state index in [1.807, 2.05) is 17.5 Å². The maximum absolute atomic E-state index is 11.4. The van der Waals surface area contributed by atoms with Crippen molar-refractivity contribution in [2.75, 3.05) is 0 Å². The van der Waals surface area contributed by atoms with Crippen LogP contribution in [0, 0.1) is 0 Å². The van der Waals surface area contributed by atoms with Crippen LogP contribution in [0.15, 0.2) is 23.6 Å². The topological polar surface area (TPSA) is 109 Å². The average Bonchev–Trinajstić information content (AvgIpc) is 2.77. The first-order valence-corrected chi connectivity index (χ1v) is 5.90. The smallest absolute Gasteiger partial charge is 0.326 e. The Labute approximate surface area is 107 Å². The van der Waals surface area contributed by atoms with Gasteiger partial charge in [0.1, 0.15) is 6.04 Å². The Morgan fingerprint density at radius 1 is 1.50 bits per heavy atom. The summed E-state index contributed by atoms with van der Waals surface area (Å²) in [6.45, 7) is 0. The number of nitrogens with one attached hydrogen (secondary N) is 1. The number of carbonyl (C=O) groups is 3. The fourth-order valence-corrected chi connectivity index (χ4v) is 1.78. The summed E-state index contributed by atoms with van der Waals surface area (Å²) in [5.41, 5.74) is 4.89. The van der Waals surface area contributed by atoms with Gasteiger partial charge < -0.3 is 16.2 Å². The Hall–Kier alpha value is -2.15. The summed E-state index contributed by atoms with van der Waals surface area (Å²) in [4.78, 5) is 33.7. The zero-order valence-corrected chi connectivity index (χ0v) is 10.1. The van der Waals surface area contributed by atoms with Crippen LogP contribution in [0.4, 0.5) is 0 Å². The van der Waals surface area contributed by atoms with E-state index >= 15 is 0 Å². The van der Waals surface area contributed by atoms with Crippen molar-refractivity contribution < 1.29 is 19.5 Å². The summed E-state index contributed by atoms with van der Waals surface area (Å²) in [5, 5.41) is 12.8. The van der Waals surface area contributed by atoms with Gasteiger partial charge in [-0.05, 0) is 17.5 Å². The van der Waals surface area contributed by atoms with Crippen molar-refractivity contribution in [3.8, 4) is 0 Å². The molecule has 0 aliphatic heterocycles. The lowest BCUT2D eigenvalue weighted by atomic mass is 10.2. The molecule has 0 unspecified atom stereocenters. The maximum Gasteiger partial charge on any atom is 0.326 e. The van der Waals surface area contributed by atoms with E-state index in [0.29, 0.717) is 0 Å². The minimum Gasteiger partial charge on any atom is -0.480 e. The van der Waals surface area contributed by atoms with Crippen molar-refractivity contribution in [1.29, 1.82) is 0 Å². The van der Waals surface area contributed by atoms with E-state index in [9.17, 15) is 14.4 Å². The van der Waals surface area contributed by atoms with Gasteiger partial charge in [-0.3, -0.25) is 9.59 Å². The largest absolute Gasteiger partial charge is 0.480 e. The molecule has 6 nitrogen and oxygen atoms in total. The molecular weight excluding hydrogens is 256 g/mol. The number of aliphatic carboxylic acids is 1. The molecule has 1 aromatic rings. The highest BCUT2D eigenvalue weighted by atomic mass is 32.1. The normalized spacial score (nSPS) is 12.2. The molecule has 7 heteroatoms. The van der Waals surface area contributed by atoms with E-state index in [0.717, 1.165) is 4.88 Å². The van der Waals surface area contributed by atoms with E-state index in [2.05, 4.69) is 5.32 Å². The van der Waals surface area contributed by atoms with Gasteiger partial charge in [0, 0.05) is 11.0 Å². The number of hydrogen-bond acceptors (Lipinski definition) is 4. The van der Waals surface area contributed by atoms with Gasteiger partial charge in [0.15, 0.2) is 0 Å². The summed E-state index contributed by atoms with van der Waals surface area (Å²) in [7, 11) is 0. The van der Waals surface area contributed by atoms with Gasteiger partial charge >= 0.3 is 5.97 Å². The van der Waals surface area contributed by atoms with Crippen LogP contribution in [-0.4, -0.2) is 28.9 Å². The molecule has 0 bridgehead atoms. The van der Waals surface area contributed by atoms with Gasteiger partial charge in [0.2, 0.25) is 11.8 Å². The molecule has 0 radical (unpaired) electrons. The van der Waals surface area contributed by atoms with Crippen LogP contribution in [0.2, 0.25) is 0 Å². The number of hydrogen-bond donors (Lipinski definition) is 3. The Bertz CT molecular complexity index is 467. The van der Waals surface area contributed by atoms with Crippen molar-refractivity contribution in [3.05, 3.63) is 28.5 Å². The van der Waals surface area contributed by atoms with Crippen LogP contribution in [0.3, 0.4) is 0 Å². The molecule has 0 aliphatic carbocycles. The molecule has 1 heterocycles. The van der Waals surface area contributed by atoms with Crippen LogP contribution in [0.5, 0.6) is 0 Å². The quantitative estimate of drug-likeness (QED) is 0.640. The van der Waals surface area contributed by atoms with E-state index in [1.54, 1.807) is 6.08 Å². The summed E-state index contributed by atoms with van der Waals surface area (Å²) in [6.07, 6.45) is 2.33. The Morgan fingerprint density at radius 2 is 2.22 bits per heavy atom. The number of carboxylic acids is 1. The molecule has 4 N–H and O–H groups in total. The maximum atomic E-state index is 11.4. The van der Waals surface area contributed by atoms with Gasteiger partial charge in [-0.1, -0.05) is 6.07 Å². The number of carbonyl (C=O) groups excluding carboxylic acids is 2. The summed E-state index contributed by atoms with van der Waals surface area (Å²) < 4.78 is 0. The molecular formula is C11H12N2O4S. The second-order valence-corrected chi connectivity index (χ2v) is 4.40. The lowest BCUT2D eigenvalue weighted by Crippen LogP contribution is -2.42. The van der Waals surface area contributed by atoms with Crippen molar-refractivity contribution in [2.45, 2.75) is 12.5 Å². The molecule has 1 aromatic heterocycles. The number of primary amides is 1. The minimum atomic E-state index is -1.30. The molecule has 0 aliphatic rings. The molecule has 0 saturated heterocycles. The Morgan fingerprint density at radius 3 is 2.72 bits per heavy atom. The van der Waals surface area contributed by atoms with Gasteiger partial charge in [-0.2, -0.15) is 0 Å². The van der Waals surface area contributed by atoms with Gasteiger partial charge in [-0.15, -0.1) is 11.3 Å². The molecule has 2 amide bonds. The van der Waals surface area contributed by atoms with Crippen LogP contribution in [-0.2, 0) is 14.4 Å². The van der Waals surface area contributed by atoms with Gasteiger partial charge in [-0.25, -0.2) is 4.79 Å². The van der Waals surface area contributed by atoms with E-state index in [4.69, 9.17) is 10.8 Å². The molecule has 1 rings (SSSR count). The molecule has 0 aromatic carbocycles. The van der Waals surface area contributed by atoms with Crippen molar-refractivity contribution in [1.82, 2.24) is 5.32 Å². The minimum absolute atomic E-state index is 0.437. The van der Waals surface area contributed by atoms with E-state index in [-0.39, 0.29) is 0 Å². The highest BCUT2D eigenvalue weighted by Crippen LogP contribution is 2.09. The lowest BCUT2D eigenvalue weighted by Gasteiger charge is -2.10. The molecule has 0 saturated carbocycles. The van der Waals surface area contributed by atoms with Gasteiger partial charge in [0.05, 0.1) is 6.42 Å². The number of carboxylic acid groups (broad SMARTS) is 1. The third-order valence-corrected chi connectivity index (χ3v) is 2.80. The molecule has 96 valence electrons. The number of nitrogens with two attached hydrogens (primary N) is 1. The number of thiophene rings is 1. The average molecular weight is 268 g/mol. The predicted octanol–water partition coefficient (Wildman–Crippen LogP) is 0.206. The number of amides is 2. The Kier molecular flexibility index (Phi) is 5.06. The zero-order valence-electron chi connectivity index (χ0n) is 9.33. The highest BCUT2D eigenvalue weighted by molar-refractivity contribution is 7.10. The fourth-order valence-electron chi connectivity index (χ4n) is 1.17. The summed E-state index contributed by atoms with van der Waals surface area (Å²) in [6, 6.07) is 2.34. The molecule has 18 heavy (non-hydrogen) atoms. The van der Waals surface area contributed by atoms with Crippen LogP contribution < -0.4 is 11.1 Å². The van der Waals surface area contributed by atoms with Crippen LogP contribution in [0.25, 0.3) is 6.08 Å². The molecule has 0 fully saturated rings. The molecule has 1 atom stereocenters. The standard InChI is InChI=1S/C11H12N2O4S/c12-9(14)6-8(11(16)17)13-10(15)4-3-7-2-1-5-18-7/h1-5,8H,6H2,(H2,12,14)(H,13,15)(H,16,17)/b4-3+/t8-/m1/s1. The predicted molar refractivity (Wildman–Crippen MR) is 66.7 cm³/mol. The summed E-state index contributed by atoms with van der Waals surface area (Å²) in [5.74, 6) is -2.67. The molecule has 0 spiro atoms. The summed E-state index contributed by atoms with van der Waals surface area (Å²) >= 11 is 1.44. The second-order valence-electron chi connectivity index (χ2n) is 3.42. The third-order valence-electron chi connectivity index (χ3n) is 1.96. The van der Waals surface area contributed by atoms with Crippen molar-refractivity contribution >= 4 is 35.2 Å². The first kappa shape index (κ1) is 13.9. The Balaban J connectivity index is 2.56. The number of rotatable bonds is 6. The fraction of sp³-hybridized carbons (Fsp3) is 0.182. The zero-order chi connectivity index (χ0) is 13.5. The van der Waals surface area contributed by atoms with Crippen LogP contribution >= 0.6 is 11.3 Å². The van der Waals surface area contributed by atoms with Crippen molar-refractivity contribution in [2.24, 2.45) is 5.73 Å². The first-order chi connectivity index (χ1) is 8.49. The monoisotopic (exact) mass is 268 g/mol. The van der Waals surface area contributed by atoms with E-state index < -0.39 is 30.2 Å². The second kappa shape index (κ2) is 6.55. The first-order valence-electron chi connectivity index (χ1n) is 5.02.